The molecule has 0 aliphatic rings. The summed E-state index contributed by atoms with van der Waals surface area (Å²) in [7, 11) is 0. The number of hydrogen-bond donors (Lipinski definition) is 0. The summed E-state index contributed by atoms with van der Waals surface area (Å²) in [5, 5.41) is 0. The third-order valence-corrected chi connectivity index (χ3v) is 3.07. The Morgan fingerprint density at radius 1 is 1.00 bits per heavy atom. The lowest BCUT2D eigenvalue weighted by atomic mass is 10.1. The Kier molecular flexibility index (Phi) is 5.93. The van der Waals surface area contributed by atoms with Crippen LogP contribution in [0.2, 0.25) is 0 Å². The highest BCUT2D eigenvalue weighted by atomic mass is 16.5. The van der Waals surface area contributed by atoms with E-state index in [1.807, 2.05) is 42.5 Å². The second-order valence-corrected chi connectivity index (χ2v) is 4.61. The standard InChI is InChI=1S/C17H19NO2/c19-17(16-6-2-1-3-7-16)10-14-20-13-4-5-15-8-11-18-12-9-15/h1-3,6-9,11-12H,4-5,10,13-14H2. The fraction of sp³-hybridized carbons (Fsp3) is 0.294. The minimum absolute atomic E-state index is 0.139. The molecule has 0 saturated carbocycles. The number of nitrogens with zero attached hydrogens (tertiary/aromatic N) is 1. The fourth-order valence-corrected chi connectivity index (χ4v) is 1.96. The van der Waals surface area contributed by atoms with Gasteiger partial charge in [0.1, 0.15) is 0 Å². The van der Waals surface area contributed by atoms with Gasteiger partial charge in [-0.1, -0.05) is 30.3 Å². The molecule has 0 unspecified atom stereocenters. The minimum atomic E-state index is 0.139. The molecule has 3 heteroatoms. The number of pyridine rings is 1. The maximum atomic E-state index is 11.8. The van der Waals surface area contributed by atoms with Crippen molar-refractivity contribution in [2.24, 2.45) is 0 Å². The Balaban J connectivity index is 1.57. The average molecular weight is 269 g/mol. The van der Waals surface area contributed by atoms with Crippen molar-refractivity contribution in [1.82, 2.24) is 4.98 Å². The highest BCUT2D eigenvalue weighted by Crippen LogP contribution is 2.04. The van der Waals surface area contributed by atoms with Crippen molar-refractivity contribution in [3.8, 4) is 0 Å². The smallest absolute Gasteiger partial charge is 0.165 e. The molecule has 20 heavy (non-hydrogen) atoms. The molecule has 0 atom stereocenters. The monoisotopic (exact) mass is 269 g/mol. The van der Waals surface area contributed by atoms with Crippen LogP contribution >= 0.6 is 0 Å². The maximum Gasteiger partial charge on any atom is 0.165 e. The summed E-state index contributed by atoms with van der Waals surface area (Å²) in [6.45, 7) is 1.18. The Labute approximate surface area is 119 Å². The van der Waals surface area contributed by atoms with E-state index in [2.05, 4.69) is 4.98 Å². The van der Waals surface area contributed by atoms with Crippen molar-refractivity contribution in [3.63, 3.8) is 0 Å². The van der Waals surface area contributed by atoms with Crippen molar-refractivity contribution in [3.05, 3.63) is 66.0 Å². The molecule has 1 heterocycles. The first kappa shape index (κ1) is 14.4. The zero-order valence-electron chi connectivity index (χ0n) is 11.5. The summed E-state index contributed by atoms with van der Waals surface area (Å²) in [6, 6.07) is 13.4. The van der Waals surface area contributed by atoms with Gasteiger partial charge in [-0.25, -0.2) is 0 Å². The molecule has 0 saturated heterocycles. The van der Waals surface area contributed by atoms with Crippen LogP contribution < -0.4 is 0 Å². The lowest BCUT2D eigenvalue weighted by molar-refractivity contribution is 0.0874. The number of hydrogen-bond acceptors (Lipinski definition) is 3. The fourth-order valence-electron chi connectivity index (χ4n) is 1.96. The van der Waals surface area contributed by atoms with Crippen LogP contribution in [0.1, 0.15) is 28.8 Å². The third kappa shape index (κ3) is 4.94. The van der Waals surface area contributed by atoms with E-state index in [9.17, 15) is 4.79 Å². The largest absolute Gasteiger partial charge is 0.381 e. The maximum absolute atomic E-state index is 11.8. The molecule has 1 aromatic heterocycles. The van der Waals surface area contributed by atoms with E-state index >= 15 is 0 Å². The number of aromatic nitrogens is 1. The van der Waals surface area contributed by atoms with Crippen molar-refractivity contribution < 1.29 is 9.53 Å². The summed E-state index contributed by atoms with van der Waals surface area (Å²) in [6.07, 6.45) is 5.99. The summed E-state index contributed by atoms with van der Waals surface area (Å²) >= 11 is 0. The van der Waals surface area contributed by atoms with Crippen LogP contribution in [0.4, 0.5) is 0 Å². The van der Waals surface area contributed by atoms with Gasteiger partial charge < -0.3 is 4.74 Å². The van der Waals surface area contributed by atoms with Crippen LogP contribution in [0.15, 0.2) is 54.9 Å². The van der Waals surface area contributed by atoms with E-state index in [0.29, 0.717) is 19.6 Å². The Morgan fingerprint density at radius 3 is 2.50 bits per heavy atom. The van der Waals surface area contributed by atoms with E-state index in [0.717, 1.165) is 18.4 Å². The van der Waals surface area contributed by atoms with Crippen LogP contribution in [-0.2, 0) is 11.2 Å². The lowest BCUT2D eigenvalue weighted by Crippen LogP contribution is -2.06. The highest BCUT2D eigenvalue weighted by Gasteiger charge is 2.04. The first-order valence-electron chi connectivity index (χ1n) is 6.91. The summed E-state index contributed by atoms with van der Waals surface area (Å²) in [5.74, 6) is 0.139. The van der Waals surface area contributed by atoms with Crippen LogP contribution in [0, 0.1) is 0 Å². The Morgan fingerprint density at radius 2 is 1.75 bits per heavy atom. The summed E-state index contributed by atoms with van der Waals surface area (Å²) in [5.41, 5.74) is 2.02. The molecule has 1 aromatic carbocycles. The van der Waals surface area contributed by atoms with Gasteiger partial charge in [0.2, 0.25) is 0 Å². The van der Waals surface area contributed by atoms with Gasteiger partial charge in [-0.05, 0) is 30.5 Å². The predicted octanol–water partition coefficient (Wildman–Crippen LogP) is 3.30. The second-order valence-electron chi connectivity index (χ2n) is 4.61. The number of aryl methyl sites for hydroxylation is 1. The Hall–Kier alpha value is -2.00. The van der Waals surface area contributed by atoms with Gasteiger partial charge in [0, 0.05) is 31.0 Å². The molecule has 0 spiro atoms. The SMILES string of the molecule is O=C(CCOCCCc1ccncc1)c1ccccc1. The van der Waals surface area contributed by atoms with Crippen LogP contribution in [-0.4, -0.2) is 24.0 Å². The van der Waals surface area contributed by atoms with Gasteiger partial charge in [-0.15, -0.1) is 0 Å². The van der Waals surface area contributed by atoms with E-state index in [1.165, 1.54) is 5.56 Å². The number of ketones is 1. The molecule has 0 radical (unpaired) electrons. The molecular formula is C17H19NO2. The molecule has 2 aromatic rings. The van der Waals surface area contributed by atoms with Crippen molar-refractivity contribution in [1.29, 1.82) is 0 Å². The molecular weight excluding hydrogens is 250 g/mol. The second kappa shape index (κ2) is 8.23. The molecule has 0 fully saturated rings. The number of Topliss-reactive ketones (excluding diaryl/α,β-unsaturated/α-hetero) is 1. The van der Waals surface area contributed by atoms with E-state index in [4.69, 9.17) is 4.74 Å². The first-order valence-corrected chi connectivity index (χ1v) is 6.91. The summed E-state index contributed by atoms with van der Waals surface area (Å²) < 4.78 is 5.51. The van der Waals surface area contributed by atoms with Crippen molar-refractivity contribution in [2.75, 3.05) is 13.2 Å². The molecule has 0 amide bonds. The quantitative estimate of drug-likeness (QED) is 0.545. The topological polar surface area (TPSA) is 39.2 Å². The number of carbonyl (C=O) groups excluding carboxylic acids is 1. The molecule has 0 bridgehead atoms. The molecule has 104 valence electrons. The number of ether oxygens (including phenoxy) is 1. The normalized spacial score (nSPS) is 10.4. The van der Waals surface area contributed by atoms with Gasteiger partial charge in [0.05, 0.1) is 6.61 Å². The van der Waals surface area contributed by atoms with Gasteiger partial charge in [-0.2, -0.15) is 0 Å². The van der Waals surface area contributed by atoms with E-state index in [-0.39, 0.29) is 5.78 Å². The average Bonchev–Trinajstić information content (AvgIpc) is 2.52. The number of benzene rings is 1. The lowest BCUT2D eigenvalue weighted by Gasteiger charge is -2.04. The molecule has 0 aliphatic carbocycles. The van der Waals surface area contributed by atoms with Crippen LogP contribution in [0.3, 0.4) is 0 Å². The van der Waals surface area contributed by atoms with E-state index in [1.54, 1.807) is 12.4 Å². The molecule has 0 N–H and O–H groups in total. The number of rotatable bonds is 8. The first-order chi connectivity index (χ1) is 9.86. The minimum Gasteiger partial charge on any atom is -0.381 e. The molecule has 2 rings (SSSR count). The van der Waals surface area contributed by atoms with Crippen LogP contribution in [0.5, 0.6) is 0 Å². The van der Waals surface area contributed by atoms with Gasteiger partial charge in [-0.3, -0.25) is 9.78 Å². The third-order valence-electron chi connectivity index (χ3n) is 3.07. The highest BCUT2D eigenvalue weighted by molar-refractivity contribution is 5.96. The zero-order chi connectivity index (χ0) is 14.0. The number of carbonyl (C=O) groups is 1. The molecule has 3 nitrogen and oxygen atoms in total. The Bertz CT molecular complexity index is 511. The van der Waals surface area contributed by atoms with Gasteiger partial charge in [0.25, 0.3) is 0 Å². The van der Waals surface area contributed by atoms with E-state index < -0.39 is 0 Å². The van der Waals surface area contributed by atoms with Crippen molar-refractivity contribution in [2.45, 2.75) is 19.3 Å². The van der Waals surface area contributed by atoms with Gasteiger partial charge >= 0.3 is 0 Å². The zero-order valence-corrected chi connectivity index (χ0v) is 11.5. The molecule has 0 aliphatic heterocycles. The van der Waals surface area contributed by atoms with Gasteiger partial charge in [0.15, 0.2) is 5.78 Å². The van der Waals surface area contributed by atoms with Crippen molar-refractivity contribution >= 4 is 5.78 Å². The predicted molar refractivity (Wildman–Crippen MR) is 78.8 cm³/mol. The summed E-state index contributed by atoms with van der Waals surface area (Å²) in [4.78, 5) is 15.8. The van der Waals surface area contributed by atoms with Crippen LogP contribution in [0.25, 0.3) is 0 Å².